The summed E-state index contributed by atoms with van der Waals surface area (Å²) in [6, 6.07) is 9.67. The van der Waals surface area contributed by atoms with Crippen LogP contribution in [-0.2, 0) is 12.8 Å². The van der Waals surface area contributed by atoms with E-state index in [-0.39, 0.29) is 11.9 Å². The quantitative estimate of drug-likeness (QED) is 0.896. The molecular weight excluding hydrogens is 270 g/mol. The zero-order chi connectivity index (χ0) is 15.9. The third-order valence-electron chi connectivity index (χ3n) is 5.23. The average Bonchev–Trinajstić information content (AvgIpc) is 2.95. The first-order valence-electron chi connectivity index (χ1n) is 7.93. The third kappa shape index (κ3) is 2.43. The van der Waals surface area contributed by atoms with Crippen LogP contribution >= 0.6 is 0 Å². The molecule has 22 heavy (non-hydrogen) atoms. The van der Waals surface area contributed by atoms with E-state index < -0.39 is 0 Å². The minimum absolute atomic E-state index is 0.0298. The molecule has 1 N–H and O–H groups in total. The number of amides is 1. The number of carbonyl (C=O) groups excluding carboxylic acids is 1. The van der Waals surface area contributed by atoms with Crippen LogP contribution in [0.3, 0.4) is 0 Å². The molecule has 0 heterocycles. The van der Waals surface area contributed by atoms with E-state index >= 15 is 0 Å². The second-order valence-electron chi connectivity index (χ2n) is 6.40. The summed E-state index contributed by atoms with van der Waals surface area (Å²) in [4.78, 5) is 12.3. The summed E-state index contributed by atoms with van der Waals surface area (Å²) >= 11 is 0. The monoisotopic (exact) mass is 293 g/mol. The van der Waals surface area contributed by atoms with Gasteiger partial charge in [0.1, 0.15) is 0 Å². The Morgan fingerprint density at radius 3 is 1.86 bits per heavy atom. The molecule has 0 bridgehead atoms. The molecule has 1 aliphatic carbocycles. The molecule has 0 saturated carbocycles. The van der Waals surface area contributed by atoms with Crippen molar-refractivity contribution in [1.82, 2.24) is 5.32 Å². The number of carbonyl (C=O) groups is 1. The minimum Gasteiger partial charge on any atom is -0.349 e. The van der Waals surface area contributed by atoms with Gasteiger partial charge in [0.15, 0.2) is 0 Å². The van der Waals surface area contributed by atoms with Gasteiger partial charge in [-0.3, -0.25) is 4.79 Å². The van der Waals surface area contributed by atoms with Gasteiger partial charge in [-0.2, -0.15) is 0 Å². The first kappa shape index (κ1) is 14.8. The summed E-state index contributed by atoms with van der Waals surface area (Å²) in [6.07, 6.45) is 1.89. The average molecular weight is 293 g/mol. The van der Waals surface area contributed by atoms with E-state index in [0.717, 1.165) is 18.4 Å². The van der Waals surface area contributed by atoms with Gasteiger partial charge in [-0.15, -0.1) is 0 Å². The maximum absolute atomic E-state index is 12.3. The lowest BCUT2D eigenvalue weighted by Gasteiger charge is -2.15. The van der Waals surface area contributed by atoms with E-state index in [9.17, 15) is 4.79 Å². The Bertz CT molecular complexity index is 694. The van der Waals surface area contributed by atoms with E-state index in [1.54, 1.807) is 0 Å². The molecule has 0 fully saturated rings. The van der Waals surface area contributed by atoms with Gasteiger partial charge >= 0.3 is 0 Å². The van der Waals surface area contributed by atoms with E-state index in [1.807, 2.05) is 30.3 Å². The number of nitrogens with one attached hydrogen (secondary N) is 1. The summed E-state index contributed by atoms with van der Waals surface area (Å²) in [6.45, 7) is 8.83. The van der Waals surface area contributed by atoms with Crippen molar-refractivity contribution in [2.75, 3.05) is 0 Å². The van der Waals surface area contributed by atoms with E-state index in [0.29, 0.717) is 0 Å². The normalized spacial score (nSPS) is 14.0. The smallest absolute Gasteiger partial charge is 0.251 e. The summed E-state index contributed by atoms with van der Waals surface area (Å²) in [5.74, 6) is 0.0298. The van der Waals surface area contributed by atoms with Crippen LogP contribution in [-0.4, -0.2) is 11.9 Å². The first-order chi connectivity index (χ1) is 10.5. The standard InChI is InChI=1S/C20H23NO/c1-12-13(2)15(4)19-11-17(10-18(19)14(12)3)21-20(22)16-8-6-5-7-9-16/h5-9,17H,10-11H2,1-4H3,(H,21,22). The predicted octanol–water partition coefficient (Wildman–Crippen LogP) is 3.82. The van der Waals surface area contributed by atoms with Crippen LogP contribution in [0.25, 0.3) is 0 Å². The molecule has 1 aliphatic rings. The molecule has 0 aromatic heterocycles. The lowest BCUT2D eigenvalue weighted by molar-refractivity contribution is 0.0938. The Morgan fingerprint density at radius 2 is 1.36 bits per heavy atom. The van der Waals surface area contributed by atoms with Gasteiger partial charge in [0.25, 0.3) is 5.91 Å². The summed E-state index contributed by atoms with van der Waals surface area (Å²) in [5, 5.41) is 3.20. The molecule has 2 aromatic carbocycles. The van der Waals surface area contributed by atoms with Gasteiger partial charge in [-0.25, -0.2) is 0 Å². The molecule has 2 aromatic rings. The molecule has 0 radical (unpaired) electrons. The molecule has 0 atom stereocenters. The molecule has 3 rings (SSSR count). The fourth-order valence-corrected chi connectivity index (χ4v) is 3.55. The molecule has 1 amide bonds. The zero-order valence-corrected chi connectivity index (χ0v) is 13.8. The SMILES string of the molecule is Cc1c(C)c(C)c2c(c1C)CC(NC(=O)c1ccccc1)C2. The molecule has 114 valence electrons. The van der Waals surface area contributed by atoms with Gasteiger partial charge in [-0.1, -0.05) is 18.2 Å². The van der Waals surface area contributed by atoms with Crippen molar-refractivity contribution < 1.29 is 4.79 Å². The third-order valence-corrected chi connectivity index (χ3v) is 5.23. The van der Waals surface area contributed by atoms with Crippen molar-refractivity contribution in [2.45, 2.75) is 46.6 Å². The number of rotatable bonds is 2. The Hall–Kier alpha value is -2.09. The van der Waals surface area contributed by atoms with Gasteiger partial charge < -0.3 is 5.32 Å². The Labute approximate surface area is 132 Å². The minimum atomic E-state index is 0.0298. The summed E-state index contributed by atoms with van der Waals surface area (Å²) in [7, 11) is 0. The number of hydrogen-bond donors (Lipinski definition) is 1. The molecule has 0 unspecified atom stereocenters. The van der Waals surface area contributed by atoms with Gasteiger partial charge in [-0.05, 0) is 86.1 Å². The maximum atomic E-state index is 12.3. The maximum Gasteiger partial charge on any atom is 0.251 e. The van der Waals surface area contributed by atoms with Crippen molar-refractivity contribution in [1.29, 1.82) is 0 Å². The molecular formula is C20H23NO. The van der Waals surface area contributed by atoms with Crippen LogP contribution in [0, 0.1) is 27.7 Å². The number of fused-ring (bicyclic) bond motifs is 1. The largest absolute Gasteiger partial charge is 0.349 e. The Balaban J connectivity index is 1.82. The molecule has 2 heteroatoms. The highest BCUT2D eigenvalue weighted by molar-refractivity contribution is 5.94. The van der Waals surface area contributed by atoms with Crippen LogP contribution in [0.15, 0.2) is 30.3 Å². The second-order valence-corrected chi connectivity index (χ2v) is 6.40. The summed E-state index contributed by atoms with van der Waals surface area (Å²) in [5.41, 5.74) is 9.21. The van der Waals surface area contributed by atoms with Crippen LogP contribution in [0.1, 0.15) is 43.7 Å². The highest BCUT2D eigenvalue weighted by Crippen LogP contribution is 2.33. The number of benzene rings is 2. The second kappa shape index (κ2) is 5.60. The van der Waals surface area contributed by atoms with Crippen molar-refractivity contribution in [2.24, 2.45) is 0 Å². The lowest BCUT2D eigenvalue weighted by Crippen LogP contribution is -2.35. The van der Waals surface area contributed by atoms with E-state index in [2.05, 4.69) is 33.0 Å². The number of hydrogen-bond acceptors (Lipinski definition) is 1. The fraction of sp³-hybridized carbons (Fsp3) is 0.350. The van der Waals surface area contributed by atoms with Crippen LogP contribution < -0.4 is 5.32 Å². The van der Waals surface area contributed by atoms with Crippen LogP contribution in [0.4, 0.5) is 0 Å². The van der Waals surface area contributed by atoms with Gasteiger partial charge in [0.2, 0.25) is 0 Å². The van der Waals surface area contributed by atoms with Gasteiger partial charge in [0, 0.05) is 11.6 Å². The zero-order valence-electron chi connectivity index (χ0n) is 13.8. The Morgan fingerprint density at radius 1 is 0.864 bits per heavy atom. The predicted molar refractivity (Wildman–Crippen MR) is 90.5 cm³/mol. The molecule has 2 nitrogen and oxygen atoms in total. The molecule has 0 spiro atoms. The first-order valence-corrected chi connectivity index (χ1v) is 7.93. The lowest BCUT2D eigenvalue weighted by atomic mass is 9.90. The van der Waals surface area contributed by atoms with Crippen molar-refractivity contribution in [3.63, 3.8) is 0 Å². The van der Waals surface area contributed by atoms with Crippen molar-refractivity contribution in [3.05, 3.63) is 69.3 Å². The highest BCUT2D eigenvalue weighted by Gasteiger charge is 2.27. The topological polar surface area (TPSA) is 29.1 Å². The van der Waals surface area contributed by atoms with E-state index in [1.165, 1.54) is 33.4 Å². The highest BCUT2D eigenvalue weighted by atomic mass is 16.1. The van der Waals surface area contributed by atoms with Crippen LogP contribution in [0.5, 0.6) is 0 Å². The fourth-order valence-electron chi connectivity index (χ4n) is 3.55. The van der Waals surface area contributed by atoms with Crippen LogP contribution in [0.2, 0.25) is 0 Å². The molecule has 0 saturated heterocycles. The van der Waals surface area contributed by atoms with Crippen molar-refractivity contribution in [3.8, 4) is 0 Å². The van der Waals surface area contributed by atoms with E-state index in [4.69, 9.17) is 0 Å². The Kier molecular flexibility index (Phi) is 3.78. The van der Waals surface area contributed by atoms with Crippen molar-refractivity contribution >= 4 is 5.91 Å². The van der Waals surface area contributed by atoms with Gasteiger partial charge in [0.05, 0.1) is 0 Å². The molecule has 0 aliphatic heterocycles. The summed E-state index contributed by atoms with van der Waals surface area (Å²) < 4.78 is 0.